The van der Waals surface area contributed by atoms with E-state index in [4.69, 9.17) is 4.74 Å². The van der Waals surface area contributed by atoms with Crippen molar-refractivity contribution >= 4 is 23.6 Å². The van der Waals surface area contributed by atoms with E-state index in [1.54, 1.807) is 30.8 Å². The Morgan fingerprint density at radius 2 is 1.73 bits per heavy atom. The second kappa shape index (κ2) is 10.0. The molecular formula is C21H25NO3S. The number of rotatable bonds is 8. The molecule has 0 aliphatic rings. The van der Waals surface area contributed by atoms with Gasteiger partial charge in [-0.15, -0.1) is 11.8 Å². The molecule has 0 saturated heterocycles. The van der Waals surface area contributed by atoms with Gasteiger partial charge >= 0.3 is 5.97 Å². The minimum Gasteiger partial charge on any atom is -0.449 e. The maximum atomic E-state index is 12.3. The van der Waals surface area contributed by atoms with Crippen molar-refractivity contribution in [3.8, 4) is 0 Å². The largest absolute Gasteiger partial charge is 0.449 e. The summed E-state index contributed by atoms with van der Waals surface area (Å²) >= 11 is 1.60. The fraction of sp³-hybridized carbons (Fsp3) is 0.333. The van der Waals surface area contributed by atoms with Crippen LogP contribution in [0.2, 0.25) is 0 Å². The third-order valence-electron chi connectivity index (χ3n) is 4.27. The lowest BCUT2D eigenvalue weighted by atomic mass is 9.96. The SMILES string of the molecule is CC[C@@H](CNC(=O)[C@H](C)OC(=O)c1ccc(SC)cc1)c1ccccc1. The first-order valence-electron chi connectivity index (χ1n) is 8.72. The number of ether oxygens (including phenoxy) is 1. The summed E-state index contributed by atoms with van der Waals surface area (Å²) in [5, 5.41) is 2.89. The summed E-state index contributed by atoms with van der Waals surface area (Å²) in [5.41, 5.74) is 1.63. The van der Waals surface area contributed by atoms with Gasteiger partial charge in [0.05, 0.1) is 5.56 Å². The van der Waals surface area contributed by atoms with Gasteiger partial charge in [0.15, 0.2) is 6.10 Å². The van der Waals surface area contributed by atoms with Crippen LogP contribution >= 0.6 is 11.8 Å². The number of benzene rings is 2. The zero-order valence-electron chi connectivity index (χ0n) is 15.4. The van der Waals surface area contributed by atoms with Gasteiger partial charge in [-0.1, -0.05) is 37.3 Å². The monoisotopic (exact) mass is 371 g/mol. The van der Waals surface area contributed by atoms with Crippen molar-refractivity contribution < 1.29 is 14.3 Å². The topological polar surface area (TPSA) is 55.4 Å². The Kier molecular flexibility index (Phi) is 7.73. The molecule has 0 spiro atoms. The van der Waals surface area contributed by atoms with E-state index in [-0.39, 0.29) is 11.8 Å². The highest BCUT2D eigenvalue weighted by Crippen LogP contribution is 2.18. The smallest absolute Gasteiger partial charge is 0.338 e. The average molecular weight is 372 g/mol. The molecule has 0 fully saturated rings. The van der Waals surface area contributed by atoms with Crippen molar-refractivity contribution in [2.24, 2.45) is 0 Å². The van der Waals surface area contributed by atoms with Gasteiger partial charge in [0, 0.05) is 17.4 Å². The van der Waals surface area contributed by atoms with Gasteiger partial charge in [-0.05, 0) is 49.4 Å². The molecule has 0 bridgehead atoms. The molecule has 2 atom stereocenters. The van der Waals surface area contributed by atoms with Crippen molar-refractivity contribution in [1.82, 2.24) is 5.32 Å². The Bertz CT molecular complexity index is 716. The van der Waals surface area contributed by atoms with E-state index in [0.717, 1.165) is 11.3 Å². The van der Waals surface area contributed by atoms with Gasteiger partial charge in [-0.2, -0.15) is 0 Å². The first-order valence-corrected chi connectivity index (χ1v) is 9.95. The third kappa shape index (κ3) is 5.63. The molecule has 1 amide bonds. The predicted octanol–water partition coefficient (Wildman–Crippen LogP) is 4.26. The van der Waals surface area contributed by atoms with Gasteiger partial charge in [0.2, 0.25) is 0 Å². The van der Waals surface area contributed by atoms with Crippen molar-refractivity contribution in [2.45, 2.75) is 37.2 Å². The van der Waals surface area contributed by atoms with Crippen LogP contribution in [0.1, 0.15) is 42.1 Å². The van der Waals surface area contributed by atoms with Gasteiger partial charge in [0.25, 0.3) is 5.91 Å². The second-order valence-electron chi connectivity index (χ2n) is 6.04. The Hall–Kier alpha value is -2.27. The lowest BCUT2D eigenvalue weighted by molar-refractivity contribution is -0.129. The van der Waals surface area contributed by atoms with Crippen molar-refractivity contribution in [3.63, 3.8) is 0 Å². The standard InChI is InChI=1S/C21H25NO3S/c1-4-16(17-8-6-5-7-9-17)14-22-20(23)15(2)25-21(24)18-10-12-19(26-3)13-11-18/h5-13,15-16H,4,14H2,1-3H3,(H,22,23)/t15-,16-/m0/s1. The lowest BCUT2D eigenvalue weighted by Gasteiger charge is -2.18. The van der Waals surface area contributed by atoms with E-state index in [1.165, 1.54) is 5.56 Å². The Morgan fingerprint density at radius 1 is 1.08 bits per heavy atom. The molecule has 0 radical (unpaired) electrons. The minimum absolute atomic E-state index is 0.238. The van der Waals surface area contributed by atoms with Crippen LogP contribution in [0.15, 0.2) is 59.5 Å². The summed E-state index contributed by atoms with van der Waals surface area (Å²) in [6.45, 7) is 4.20. The highest BCUT2D eigenvalue weighted by atomic mass is 32.2. The molecule has 26 heavy (non-hydrogen) atoms. The summed E-state index contributed by atoms with van der Waals surface area (Å²) < 4.78 is 5.29. The molecule has 138 valence electrons. The summed E-state index contributed by atoms with van der Waals surface area (Å²) in [7, 11) is 0. The summed E-state index contributed by atoms with van der Waals surface area (Å²) in [4.78, 5) is 25.5. The third-order valence-corrected chi connectivity index (χ3v) is 5.01. The molecule has 1 N–H and O–H groups in total. The number of esters is 1. The molecule has 0 aromatic heterocycles. The maximum Gasteiger partial charge on any atom is 0.338 e. The molecule has 0 unspecified atom stereocenters. The summed E-state index contributed by atoms with van der Waals surface area (Å²) in [6.07, 6.45) is 2.05. The van der Waals surface area contributed by atoms with Crippen LogP contribution in [0, 0.1) is 0 Å². The van der Waals surface area contributed by atoms with Crippen LogP contribution in [0.4, 0.5) is 0 Å². The molecule has 2 aromatic rings. The fourth-order valence-electron chi connectivity index (χ4n) is 2.60. The Balaban J connectivity index is 1.87. The zero-order chi connectivity index (χ0) is 18.9. The van der Waals surface area contributed by atoms with Gasteiger partial charge in [-0.3, -0.25) is 4.79 Å². The number of nitrogens with one attached hydrogen (secondary N) is 1. The maximum absolute atomic E-state index is 12.3. The first-order chi connectivity index (χ1) is 12.5. The van der Waals surface area contributed by atoms with E-state index in [2.05, 4.69) is 24.4 Å². The van der Waals surface area contributed by atoms with Gasteiger partial charge in [0.1, 0.15) is 0 Å². The number of amides is 1. The van der Waals surface area contributed by atoms with Crippen LogP contribution in [0.3, 0.4) is 0 Å². The number of hydrogen-bond acceptors (Lipinski definition) is 4. The Morgan fingerprint density at radius 3 is 2.31 bits per heavy atom. The number of carbonyl (C=O) groups excluding carboxylic acids is 2. The normalized spacial score (nSPS) is 12.9. The average Bonchev–Trinajstić information content (AvgIpc) is 2.69. The van der Waals surface area contributed by atoms with Crippen molar-refractivity contribution in [1.29, 1.82) is 0 Å². The van der Waals surface area contributed by atoms with Crippen LogP contribution < -0.4 is 5.32 Å². The highest BCUT2D eigenvalue weighted by molar-refractivity contribution is 7.98. The first kappa shape index (κ1) is 20.0. The second-order valence-corrected chi connectivity index (χ2v) is 6.92. The summed E-state index contributed by atoms with van der Waals surface area (Å²) in [6, 6.07) is 17.2. The zero-order valence-corrected chi connectivity index (χ0v) is 16.2. The van der Waals surface area contributed by atoms with E-state index in [0.29, 0.717) is 12.1 Å². The molecule has 0 saturated carbocycles. The molecule has 2 rings (SSSR count). The summed E-state index contributed by atoms with van der Waals surface area (Å²) in [5.74, 6) is -0.536. The van der Waals surface area contributed by atoms with E-state index < -0.39 is 12.1 Å². The fourth-order valence-corrected chi connectivity index (χ4v) is 3.01. The Labute approximate surface area is 159 Å². The van der Waals surface area contributed by atoms with Crippen LogP contribution in [-0.2, 0) is 9.53 Å². The highest BCUT2D eigenvalue weighted by Gasteiger charge is 2.20. The lowest BCUT2D eigenvalue weighted by Crippen LogP contribution is -2.38. The number of thioether (sulfide) groups is 1. The van der Waals surface area contributed by atoms with Crippen molar-refractivity contribution in [3.05, 3.63) is 65.7 Å². The predicted molar refractivity (Wildman–Crippen MR) is 106 cm³/mol. The van der Waals surface area contributed by atoms with Gasteiger partial charge < -0.3 is 10.1 Å². The number of carbonyl (C=O) groups is 2. The number of hydrogen-bond donors (Lipinski definition) is 1. The van der Waals surface area contributed by atoms with Crippen LogP contribution in [-0.4, -0.2) is 30.8 Å². The van der Waals surface area contributed by atoms with E-state index in [1.807, 2.05) is 36.6 Å². The minimum atomic E-state index is -0.837. The van der Waals surface area contributed by atoms with Crippen molar-refractivity contribution in [2.75, 3.05) is 12.8 Å². The van der Waals surface area contributed by atoms with E-state index in [9.17, 15) is 9.59 Å². The molecule has 4 nitrogen and oxygen atoms in total. The van der Waals surface area contributed by atoms with Crippen LogP contribution in [0.25, 0.3) is 0 Å². The van der Waals surface area contributed by atoms with E-state index >= 15 is 0 Å². The molecular weight excluding hydrogens is 346 g/mol. The quantitative estimate of drug-likeness (QED) is 0.556. The molecule has 2 aromatic carbocycles. The molecule has 0 heterocycles. The van der Waals surface area contributed by atoms with Gasteiger partial charge in [-0.25, -0.2) is 4.79 Å². The van der Waals surface area contributed by atoms with Crippen LogP contribution in [0.5, 0.6) is 0 Å². The molecule has 0 aliphatic heterocycles. The molecule has 5 heteroatoms. The molecule has 0 aliphatic carbocycles.